The van der Waals surface area contributed by atoms with Crippen molar-refractivity contribution in [2.45, 2.75) is 19.4 Å². The van der Waals surface area contributed by atoms with Crippen molar-refractivity contribution in [3.8, 4) is 0 Å². The first-order chi connectivity index (χ1) is 8.58. The third-order valence-electron chi connectivity index (χ3n) is 2.60. The number of carbonyl (C=O) groups is 1. The second-order valence-corrected chi connectivity index (χ2v) is 4.37. The molecule has 0 bridgehead atoms. The van der Waals surface area contributed by atoms with Crippen molar-refractivity contribution in [3.05, 3.63) is 35.4 Å². The fourth-order valence-corrected chi connectivity index (χ4v) is 2.01. The average molecular weight is 263 g/mol. The second-order valence-electron chi connectivity index (χ2n) is 3.93. The lowest BCUT2D eigenvalue weighted by Crippen LogP contribution is -2.30. The Kier molecular flexibility index (Phi) is 3.57. The lowest BCUT2D eigenvalue weighted by molar-refractivity contribution is -0.143. The zero-order valence-corrected chi connectivity index (χ0v) is 10.7. The molecule has 5 nitrogen and oxygen atoms in total. The number of hydrogen-bond acceptors (Lipinski definition) is 4. The minimum absolute atomic E-state index is 0.0773. The molecule has 3 N–H and O–H groups in total. The van der Waals surface area contributed by atoms with Gasteiger partial charge in [0.15, 0.2) is 11.2 Å². The van der Waals surface area contributed by atoms with Crippen LogP contribution in [0, 0.1) is 0 Å². The van der Waals surface area contributed by atoms with Crippen molar-refractivity contribution in [2.24, 2.45) is 10.8 Å². The molecular formula is C12H13N3O2S. The van der Waals surface area contributed by atoms with E-state index in [1.54, 1.807) is 0 Å². The Morgan fingerprint density at radius 3 is 2.94 bits per heavy atom. The maximum absolute atomic E-state index is 11.1. The number of nitrogens with zero attached hydrogens (tertiary/aromatic N) is 1. The quantitative estimate of drug-likeness (QED) is 0.467. The van der Waals surface area contributed by atoms with E-state index in [2.05, 4.69) is 10.5 Å². The molecule has 18 heavy (non-hydrogen) atoms. The molecule has 1 aliphatic rings. The molecule has 1 aliphatic carbocycles. The summed E-state index contributed by atoms with van der Waals surface area (Å²) in [7, 11) is 0. The summed E-state index contributed by atoms with van der Waals surface area (Å²) in [5.74, 6) is -0.337. The first-order valence-corrected chi connectivity index (χ1v) is 5.87. The Bertz CT molecular complexity index is 528. The van der Waals surface area contributed by atoms with E-state index in [0.717, 1.165) is 11.1 Å². The Morgan fingerprint density at radius 2 is 2.28 bits per heavy atom. The van der Waals surface area contributed by atoms with E-state index in [0.29, 0.717) is 12.1 Å². The lowest BCUT2D eigenvalue weighted by Gasteiger charge is -2.11. The van der Waals surface area contributed by atoms with Crippen LogP contribution in [0.5, 0.6) is 0 Å². The van der Waals surface area contributed by atoms with Gasteiger partial charge in [0, 0.05) is 18.9 Å². The van der Waals surface area contributed by atoms with Gasteiger partial charge in [0.05, 0.1) is 0 Å². The van der Waals surface area contributed by atoms with Crippen molar-refractivity contribution < 1.29 is 9.53 Å². The lowest BCUT2D eigenvalue weighted by atomic mass is 10.1. The van der Waals surface area contributed by atoms with Gasteiger partial charge in [-0.1, -0.05) is 24.3 Å². The maximum Gasteiger partial charge on any atom is 0.303 e. The number of fused-ring (bicyclic) bond motifs is 1. The molecule has 94 valence electrons. The number of carbonyl (C=O) groups excluding carboxylic acids is 1. The summed E-state index contributed by atoms with van der Waals surface area (Å²) in [6, 6.07) is 7.76. The van der Waals surface area contributed by atoms with Gasteiger partial charge in [0.25, 0.3) is 0 Å². The number of ether oxygens (including phenoxy) is 1. The number of benzene rings is 1. The minimum atomic E-state index is -0.387. The Morgan fingerprint density at radius 1 is 1.56 bits per heavy atom. The number of hydrogen-bond donors (Lipinski definition) is 2. The molecule has 1 aromatic rings. The average Bonchev–Trinajstić information content (AvgIpc) is 2.62. The number of esters is 1. The normalized spacial score (nSPS) is 19.4. The molecule has 6 heteroatoms. The van der Waals surface area contributed by atoms with Crippen LogP contribution < -0.4 is 11.2 Å². The van der Waals surface area contributed by atoms with E-state index in [1.165, 1.54) is 6.92 Å². The molecule has 0 spiro atoms. The molecule has 1 aromatic carbocycles. The Labute approximate surface area is 110 Å². The highest BCUT2D eigenvalue weighted by atomic mass is 32.1. The van der Waals surface area contributed by atoms with Crippen LogP contribution in [-0.4, -0.2) is 22.9 Å². The Hall–Kier alpha value is -1.95. The SMILES string of the molecule is CC(=O)OC1Cc2ccccc2/C1=N/NC(N)=S. The van der Waals surface area contributed by atoms with Gasteiger partial charge < -0.3 is 10.5 Å². The van der Waals surface area contributed by atoms with Gasteiger partial charge in [-0.2, -0.15) is 5.10 Å². The van der Waals surface area contributed by atoms with E-state index in [-0.39, 0.29) is 17.2 Å². The zero-order chi connectivity index (χ0) is 13.1. The van der Waals surface area contributed by atoms with E-state index < -0.39 is 0 Å². The molecule has 1 unspecified atom stereocenters. The third-order valence-corrected chi connectivity index (χ3v) is 2.69. The van der Waals surface area contributed by atoms with Gasteiger partial charge in [-0.3, -0.25) is 10.2 Å². The maximum atomic E-state index is 11.1. The predicted octanol–water partition coefficient (Wildman–Crippen LogP) is 0.712. The van der Waals surface area contributed by atoms with Crippen molar-refractivity contribution in [1.82, 2.24) is 5.43 Å². The summed E-state index contributed by atoms with van der Waals surface area (Å²) in [5.41, 5.74) is 10.6. The number of nitrogens with two attached hydrogens (primary N) is 1. The summed E-state index contributed by atoms with van der Waals surface area (Å²) < 4.78 is 5.24. The van der Waals surface area contributed by atoms with Crippen molar-refractivity contribution in [1.29, 1.82) is 0 Å². The molecular weight excluding hydrogens is 250 g/mol. The highest BCUT2D eigenvalue weighted by Crippen LogP contribution is 2.24. The topological polar surface area (TPSA) is 76.7 Å². The van der Waals surface area contributed by atoms with Crippen molar-refractivity contribution in [3.63, 3.8) is 0 Å². The fraction of sp³-hybridized carbons (Fsp3) is 0.250. The zero-order valence-electron chi connectivity index (χ0n) is 9.84. The van der Waals surface area contributed by atoms with Crippen molar-refractivity contribution >= 4 is 29.0 Å². The van der Waals surface area contributed by atoms with Gasteiger partial charge in [0.2, 0.25) is 0 Å². The largest absolute Gasteiger partial charge is 0.456 e. The van der Waals surface area contributed by atoms with Crippen LogP contribution in [0.2, 0.25) is 0 Å². The molecule has 0 saturated heterocycles. The Balaban J connectivity index is 2.32. The monoisotopic (exact) mass is 263 g/mol. The van der Waals surface area contributed by atoms with Gasteiger partial charge >= 0.3 is 5.97 Å². The molecule has 0 fully saturated rings. The van der Waals surface area contributed by atoms with Crippen molar-refractivity contribution in [2.75, 3.05) is 0 Å². The van der Waals surface area contributed by atoms with Crippen LogP contribution in [0.1, 0.15) is 18.1 Å². The minimum Gasteiger partial charge on any atom is -0.456 e. The van der Waals surface area contributed by atoms with Crippen LogP contribution in [0.15, 0.2) is 29.4 Å². The number of hydrazone groups is 1. The van der Waals surface area contributed by atoms with Gasteiger partial charge in [-0.15, -0.1) is 0 Å². The molecule has 0 amide bonds. The van der Waals surface area contributed by atoms with Crippen LogP contribution >= 0.6 is 12.2 Å². The van der Waals surface area contributed by atoms with Crippen LogP contribution in [0.25, 0.3) is 0 Å². The molecule has 0 aliphatic heterocycles. The highest BCUT2D eigenvalue weighted by Gasteiger charge is 2.30. The third kappa shape index (κ3) is 2.65. The fourth-order valence-electron chi connectivity index (χ4n) is 1.96. The van der Waals surface area contributed by atoms with Crippen LogP contribution in [0.3, 0.4) is 0 Å². The second kappa shape index (κ2) is 5.14. The van der Waals surface area contributed by atoms with E-state index in [1.807, 2.05) is 24.3 Å². The van der Waals surface area contributed by atoms with Crippen LogP contribution in [-0.2, 0) is 16.0 Å². The van der Waals surface area contributed by atoms with Crippen LogP contribution in [0.4, 0.5) is 0 Å². The summed E-state index contributed by atoms with van der Waals surface area (Å²) in [4.78, 5) is 11.1. The van der Waals surface area contributed by atoms with E-state index >= 15 is 0 Å². The number of thiocarbonyl (C=S) groups is 1. The van der Waals surface area contributed by atoms with Gasteiger partial charge in [-0.25, -0.2) is 0 Å². The smallest absolute Gasteiger partial charge is 0.303 e. The van der Waals surface area contributed by atoms with E-state index in [9.17, 15) is 4.79 Å². The standard InChI is InChI=1S/C12H13N3O2S/c1-7(16)17-10-6-8-4-2-3-5-9(8)11(10)14-15-12(13)18/h2-5,10H,6H2,1H3,(H3,13,15,18)/b14-11-. The molecule has 0 radical (unpaired) electrons. The predicted molar refractivity (Wildman–Crippen MR) is 72.2 cm³/mol. The molecule has 0 saturated carbocycles. The molecule has 0 heterocycles. The van der Waals surface area contributed by atoms with Gasteiger partial charge in [-0.05, 0) is 17.8 Å². The highest BCUT2D eigenvalue weighted by molar-refractivity contribution is 7.80. The number of rotatable bonds is 2. The summed E-state index contributed by atoms with van der Waals surface area (Å²) in [6.07, 6.45) is 0.231. The van der Waals surface area contributed by atoms with Gasteiger partial charge in [0.1, 0.15) is 5.71 Å². The number of nitrogens with one attached hydrogen (secondary N) is 1. The molecule has 1 atom stereocenters. The summed E-state index contributed by atoms with van der Waals surface area (Å²) in [6.45, 7) is 1.38. The first-order valence-electron chi connectivity index (χ1n) is 5.46. The summed E-state index contributed by atoms with van der Waals surface area (Å²) >= 11 is 4.71. The summed E-state index contributed by atoms with van der Waals surface area (Å²) in [5, 5.41) is 4.20. The molecule has 0 aromatic heterocycles. The van der Waals surface area contributed by atoms with E-state index in [4.69, 9.17) is 22.7 Å². The molecule has 2 rings (SSSR count). The first kappa shape index (κ1) is 12.5.